The van der Waals surface area contributed by atoms with Gasteiger partial charge in [0.1, 0.15) is 11.8 Å². The maximum atomic E-state index is 12.9. The predicted molar refractivity (Wildman–Crippen MR) is 112 cm³/mol. The van der Waals surface area contributed by atoms with E-state index in [1.807, 2.05) is 44.2 Å². The Hall–Kier alpha value is -2.54. The average Bonchev–Trinajstić information content (AvgIpc) is 2.62. The minimum absolute atomic E-state index is 0.309. The highest BCUT2D eigenvalue weighted by Crippen LogP contribution is 2.25. The summed E-state index contributed by atoms with van der Waals surface area (Å²) in [6.45, 7) is 5.92. The molecule has 0 bridgehead atoms. The van der Waals surface area contributed by atoms with Gasteiger partial charge in [0.15, 0.2) is 0 Å². The Morgan fingerprint density at radius 3 is 2.14 bits per heavy atom. The molecule has 0 aliphatic carbocycles. The predicted octanol–water partition coefficient (Wildman–Crippen LogP) is 3.17. The number of hydrogen-bond donors (Lipinski definition) is 1. The maximum absolute atomic E-state index is 12.9. The van der Waals surface area contributed by atoms with E-state index in [1.165, 1.54) is 4.31 Å². The fourth-order valence-electron chi connectivity index (χ4n) is 3.19. The fourth-order valence-corrected chi connectivity index (χ4v) is 4.38. The van der Waals surface area contributed by atoms with Crippen LogP contribution in [0.1, 0.15) is 30.0 Å². The van der Waals surface area contributed by atoms with Crippen LogP contribution in [-0.2, 0) is 21.4 Å². The Kier molecular flexibility index (Phi) is 7.07. The molecule has 28 heavy (non-hydrogen) atoms. The van der Waals surface area contributed by atoms with Crippen molar-refractivity contribution in [3.8, 4) is 5.75 Å². The fraction of sp³-hybridized carbons (Fsp3) is 0.381. The number of ether oxygens (including phenoxy) is 1. The van der Waals surface area contributed by atoms with E-state index in [4.69, 9.17) is 4.74 Å². The van der Waals surface area contributed by atoms with Gasteiger partial charge in [-0.2, -0.15) is 0 Å². The number of aryl methyl sites for hydroxylation is 2. The molecular formula is C21H28N2O4S. The highest BCUT2D eigenvalue weighted by atomic mass is 32.2. The van der Waals surface area contributed by atoms with Crippen LogP contribution < -0.4 is 14.4 Å². The third-order valence-electron chi connectivity index (χ3n) is 4.42. The van der Waals surface area contributed by atoms with Crippen LogP contribution in [0.15, 0.2) is 42.5 Å². The van der Waals surface area contributed by atoms with Gasteiger partial charge in [0.2, 0.25) is 15.9 Å². The van der Waals surface area contributed by atoms with Crippen LogP contribution >= 0.6 is 0 Å². The number of amides is 1. The zero-order valence-electron chi connectivity index (χ0n) is 17.0. The van der Waals surface area contributed by atoms with Crippen molar-refractivity contribution >= 4 is 21.6 Å². The van der Waals surface area contributed by atoms with E-state index in [1.54, 1.807) is 26.2 Å². The van der Waals surface area contributed by atoms with Gasteiger partial charge < -0.3 is 10.1 Å². The summed E-state index contributed by atoms with van der Waals surface area (Å²) in [6.07, 6.45) is 1.48. The molecule has 0 saturated heterocycles. The van der Waals surface area contributed by atoms with Crippen molar-refractivity contribution in [2.24, 2.45) is 0 Å². The Balaban J connectivity index is 2.25. The molecule has 0 radical (unpaired) electrons. The first-order valence-electron chi connectivity index (χ1n) is 9.14. The van der Waals surface area contributed by atoms with Gasteiger partial charge in [-0.1, -0.05) is 25.1 Å². The molecule has 0 aliphatic heterocycles. The number of benzene rings is 2. The van der Waals surface area contributed by atoms with Crippen LogP contribution in [-0.4, -0.2) is 33.7 Å². The molecule has 0 spiro atoms. The monoisotopic (exact) mass is 404 g/mol. The minimum atomic E-state index is -3.64. The van der Waals surface area contributed by atoms with Crippen LogP contribution in [0.25, 0.3) is 0 Å². The van der Waals surface area contributed by atoms with Gasteiger partial charge in [0, 0.05) is 6.54 Å². The van der Waals surface area contributed by atoms with Gasteiger partial charge in [-0.25, -0.2) is 8.42 Å². The first-order valence-corrected chi connectivity index (χ1v) is 11.0. The lowest BCUT2D eigenvalue weighted by atomic mass is 10.1. The van der Waals surface area contributed by atoms with Crippen molar-refractivity contribution in [2.45, 2.75) is 39.8 Å². The van der Waals surface area contributed by atoms with Gasteiger partial charge in [0.05, 0.1) is 19.1 Å². The molecule has 1 unspecified atom stereocenters. The molecule has 6 nitrogen and oxygen atoms in total. The van der Waals surface area contributed by atoms with E-state index in [-0.39, 0.29) is 5.91 Å². The Labute approximate surface area is 167 Å². The number of rotatable bonds is 8. The van der Waals surface area contributed by atoms with Crippen LogP contribution in [0.2, 0.25) is 0 Å². The molecule has 2 aromatic carbocycles. The number of sulfonamides is 1. The number of methoxy groups -OCH3 is 1. The zero-order valence-corrected chi connectivity index (χ0v) is 17.8. The molecule has 0 fully saturated rings. The van der Waals surface area contributed by atoms with E-state index < -0.39 is 16.1 Å². The number of carbonyl (C=O) groups excluding carboxylic acids is 1. The quantitative estimate of drug-likeness (QED) is 0.733. The SMILES string of the molecule is CCC(C(=O)NCc1ccc(OC)cc1)N(c1cc(C)cc(C)c1)S(C)(=O)=O. The van der Waals surface area contributed by atoms with Crippen LogP contribution in [0, 0.1) is 13.8 Å². The van der Waals surface area contributed by atoms with E-state index >= 15 is 0 Å². The summed E-state index contributed by atoms with van der Waals surface area (Å²) in [6, 6.07) is 12.1. The molecular weight excluding hydrogens is 376 g/mol. The molecule has 0 heterocycles. The van der Waals surface area contributed by atoms with Gasteiger partial charge in [-0.05, 0) is 61.2 Å². The number of hydrogen-bond acceptors (Lipinski definition) is 4. The largest absolute Gasteiger partial charge is 0.497 e. The average molecular weight is 405 g/mol. The second-order valence-electron chi connectivity index (χ2n) is 6.89. The molecule has 2 aromatic rings. The molecule has 1 amide bonds. The third-order valence-corrected chi connectivity index (χ3v) is 5.60. The molecule has 7 heteroatoms. The van der Waals surface area contributed by atoms with E-state index in [0.717, 1.165) is 28.7 Å². The van der Waals surface area contributed by atoms with Gasteiger partial charge >= 0.3 is 0 Å². The number of nitrogens with zero attached hydrogens (tertiary/aromatic N) is 1. The summed E-state index contributed by atoms with van der Waals surface area (Å²) in [7, 11) is -2.05. The highest BCUT2D eigenvalue weighted by molar-refractivity contribution is 7.92. The van der Waals surface area contributed by atoms with Crippen molar-refractivity contribution in [2.75, 3.05) is 17.7 Å². The molecule has 0 saturated carbocycles. The van der Waals surface area contributed by atoms with Crippen molar-refractivity contribution in [1.82, 2.24) is 5.32 Å². The van der Waals surface area contributed by atoms with E-state index in [0.29, 0.717) is 18.7 Å². The van der Waals surface area contributed by atoms with Crippen molar-refractivity contribution in [1.29, 1.82) is 0 Å². The second-order valence-corrected chi connectivity index (χ2v) is 8.75. The Morgan fingerprint density at radius 2 is 1.68 bits per heavy atom. The lowest BCUT2D eigenvalue weighted by molar-refractivity contribution is -0.122. The molecule has 152 valence electrons. The first kappa shape index (κ1) is 21.8. The van der Waals surface area contributed by atoms with Crippen LogP contribution in [0.5, 0.6) is 5.75 Å². The highest BCUT2D eigenvalue weighted by Gasteiger charge is 2.31. The standard InChI is InChI=1S/C21H28N2O4S/c1-6-20(21(24)22-14-17-7-9-19(27-4)10-8-17)23(28(5,25)26)18-12-15(2)11-16(3)13-18/h7-13,20H,6,14H2,1-5H3,(H,22,24). The molecule has 0 aromatic heterocycles. The topological polar surface area (TPSA) is 75.7 Å². The molecule has 0 aliphatic rings. The maximum Gasteiger partial charge on any atom is 0.244 e. The summed E-state index contributed by atoms with van der Waals surface area (Å²) in [5.41, 5.74) is 3.29. The van der Waals surface area contributed by atoms with Crippen molar-refractivity contribution in [3.63, 3.8) is 0 Å². The van der Waals surface area contributed by atoms with E-state index in [2.05, 4.69) is 5.32 Å². The summed E-state index contributed by atoms with van der Waals surface area (Å²) in [4.78, 5) is 12.9. The van der Waals surface area contributed by atoms with E-state index in [9.17, 15) is 13.2 Å². The smallest absolute Gasteiger partial charge is 0.244 e. The molecule has 1 atom stereocenters. The molecule has 2 rings (SSSR count). The van der Waals surface area contributed by atoms with Crippen molar-refractivity contribution < 1.29 is 17.9 Å². The summed E-state index contributed by atoms with van der Waals surface area (Å²) in [5.74, 6) is 0.405. The minimum Gasteiger partial charge on any atom is -0.497 e. The first-order chi connectivity index (χ1) is 13.2. The summed E-state index contributed by atoms with van der Waals surface area (Å²) >= 11 is 0. The normalized spacial score (nSPS) is 12.3. The van der Waals surface area contributed by atoms with Crippen LogP contribution in [0.3, 0.4) is 0 Å². The summed E-state index contributed by atoms with van der Waals surface area (Å²) < 4.78 is 31.4. The Morgan fingerprint density at radius 1 is 1.11 bits per heavy atom. The molecule has 1 N–H and O–H groups in total. The third kappa shape index (κ3) is 5.48. The number of nitrogens with one attached hydrogen (secondary N) is 1. The zero-order chi connectivity index (χ0) is 20.9. The van der Waals surface area contributed by atoms with Crippen molar-refractivity contribution in [3.05, 3.63) is 59.2 Å². The number of carbonyl (C=O) groups is 1. The van der Waals surface area contributed by atoms with Gasteiger partial charge in [-0.3, -0.25) is 9.10 Å². The van der Waals surface area contributed by atoms with Gasteiger partial charge in [0.25, 0.3) is 0 Å². The van der Waals surface area contributed by atoms with Crippen LogP contribution in [0.4, 0.5) is 5.69 Å². The second kappa shape index (κ2) is 9.10. The Bertz CT molecular complexity index is 904. The lowest BCUT2D eigenvalue weighted by Gasteiger charge is -2.30. The number of anilines is 1. The summed E-state index contributed by atoms with van der Waals surface area (Å²) in [5, 5.41) is 2.85. The van der Waals surface area contributed by atoms with Gasteiger partial charge in [-0.15, -0.1) is 0 Å². The lowest BCUT2D eigenvalue weighted by Crippen LogP contribution is -2.49.